The number of carbonyl (C=O) groups is 1. The van der Waals surface area contributed by atoms with Crippen LogP contribution in [0.3, 0.4) is 0 Å². The fourth-order valence-electron chi connectivity index (χ4n) is 3.92. The van der Waals surface area contributed by atoms with Crippen LogP contribution in [0.1, 0.15) is 78.8 Å². The van der Waals surface area contributed by atoms with Gasteiger partial charge in [0.05, 0.1) is 111 Å². The molecule has 1 aromatic heterocycles. The second-order valence-electron chi connectivity index (χ2n) is 12.3. The molecule has 0 saturated heterocycles. The number of unbranched alkanes of at least 4 members (excludes halogenated alkanes) is 1. The summed E-state index contributed by atoms with van der Waals surface area (Å²) < 4.78 is 45.9. The summed E-state index contributed by atoms with van der Waals surface area (Å²) in [7, 11) is 0. The number of Topliss-reactive ketones (excluding diaryl/α,β-unsaturated/α-hetero) is 1. The predicted molar refractivity (Wildman–Crippen MR) is 173 cm³/mol. The van der Waals surface area contributed by atoms with Gasteiger partial charge in [0.15, 0.2) is 0 Å². The second-order valence-corrected chi connectivity index (χ2v) is 12.3. The average Bonchev–Trinajstić information content (AvgIpc) is 3.49. The summed E-state index contributed by atoms with van der Waals surface area (Å²) in [6.45, 7) is 19.9. The molecule has 0 unspecified atom stereocenters. The van der Waals surface area contributed by atoms with Gasteiger partial charge in [-0.2, -0.15) is 0 Å². The third kappa shape index (κ3) is 27.3. The molecule has 0 radical (unpaired) electrons. The third-order valence-electron chi connectivity index (χ3n) is 6.61. The highest BCUT2D eigenvalue weighted by atomic mass is 16.6. The molecule has 0 fully saturated rings. The van der Waals surface area contributed by atoms with Gasteiger partial charge in [-0.1, -0.05) is 52.7 Å². The molecule has 1 rings (SSSR count). The summed E-state index contributed by atoms with van der Waals surface area (Å²) in [6.07, 6.45) is 7.41. The van der Waals surface area contributed by atoms with Crippen molar-refractivity contribution in [1.82, 2.24) is 15.0 Å². The minimum absolute atomic E-state index is 0.00161. The maximum absolute atomic E-state index is 11.8. The molecule has 0 amide bonds. The number of nitrogens with zero attached hydrogens (tertiary/aromatic N) is 3. The first-order valence-electron chi connectivity index (χ1n) is 16.8. The standard InChI is InChI=1S/C33H63N3O9/c1-30(2)9-6-7-10-31(37)11-8-13-38-15-17-40-19-21-42-23-25-44-27-28-45-26-24-43-22-20-41-18-16-39-14-12-36-29-32(34-35-36)33(3,4)5/h29-30H,6-28H2,1-5H3. The first-order valence-corrected chi connectivity index (χ1v) is 16.8. The summed E-state index contributed by atoms with van der Waals surface area (Å²) in [5.41, 5.74) is 0.973. The molecule has 0 spiro atoms. The SMILES string of the molecule is CC(C)CCCCC(=O)CCCOCCOCCOCCOCCOCCOCCOCCOCCn1cc(C(C)(C)C)nn1. The number of ketones is 1. The zero-order chi connectivity index (χ0) is 32.9. The van der Waals surface area contributed by atoms with Crippen molar-refractivity contribution in [1.29, 1.82) is 0 Å². The van der Waals surface area contributed by atoms with Crippen molar-refractivity contribution in [3.05, 3.63) is 11.9 Å². The van der Waals surface area contributed by atoms with E-state index in [2.05, 4.69) is 44.9 Å². The molecule has 1 heterocycles. The van der Waals surface area contributed by atoms with E-state index in [4.69, 9.17) is 37.9 Å². The van der Waals surface area contributed by atoms with E-state index in [0.717, 1.165) is 25.0 Å². The minimum Gasteiger partial charge on any atom is -0.379 e. The quantitative estimate of drug-likeness (QED) is 0.102. The van der Waals surface area contributed by atoms with E-state index < -0.39 is 0 Å². The van der Waals surface area contributed by atoms with Gasteiger partial charge in [0.1, 0.15) is 5.78 Å². The van der Waals surface area contributed by atoms with Gasteiger partial charge in [0.25, 0.3) is 0 Å². The molecule has 0 aromatic carbocycles. The molecule has 1 aromatic rings. The Morgan fingerprint density at radius 2 is 1.02 bits per heavy atom. The number of rotatable bonds is 33. The number of hydrogen-bond donors (Lipinski definition) is 0. The van der Waals surface area contributed by atoms with E-state index in [1.807, 2.05) is 6.20 Å². The van der Waals surface area contributed by atoms with Crippen molar-refractivity contribution >= 4 is 5.78 Å². The van der Waals surface area contributed by atoms with Gasteiger partial charge >= 0.3 is 0 Å². The van der Waals surface area contributed by atoms with Crippen molar-refractivity contribution in [2.45, 2.75) is 85.1 Å². The highest BCUT2D eigenvalue weighted by Crippen LogP contribution is 2.18. The zero-order valence-corrected chi connectivity index (χ0v) is 28.9. The Kier molecular flexibility index (Phi) is 26.5. The number of ether oxygens (including phenoxy) is 8. The van der Waals surface area contributed by atoms with Crippen LogP contribution >= 0.6 is 0 Å². The molecule has 264 valence electrons. The zero-order valence-electron chi connectivity index (χ0n) is 28.9. The molecule has 12 heteroatoms. The molecule has 0 aliphatic carbocycles. The van der Waals surface area contributed by atoms with E-state index in [1.54, 1.807) is 4.68 Å². The fourth-order valence-corrected chi connectivity index (χ4v) is 3.92. The van der Waals surface area contributed by atoms with E-state index in [9.17, 15) is 4.79 Å². The van der Waals surface area contributed by atoms with Gasteiger partial charge in [-0.3, -0.25) is 4.79 Å². The van der Waals surface area contributed by atoms with Crippen molar-refractivity contribution in [3.63, 3.8) is 0 Å². The Labute approximate surface area is 272 Å². The van der Waals surface area contributed by atoms with Crippen LogP contribution in [0.15, 0.2) is 6.20 Å². The number of carbonyl (C=O) groups excluding carboxylic acids is 1. The molecule has 0 atom stereocenters. The summed E-state index contributed by atoms with van der Waals surface area (Å²) in [6, 6.07) is 0. The first-order chi connectivity index (χ1) is 21.8. The van der Waals surface area contributed by atoms with E-state index in [1.165, 1.54) is 6.42 Å². The van der Waals surface area contributed by atoms with Crippen molar-refractivity contribution < 1.29 is 42.7 Å². The lowest BCUT2D eigenvalue weighted by Crippen LogP contribution is -2.15. The third-order valence-corrected chi connectivity index (χ3v) is 6.61. The molecule has 0 aliphatic heterocycles. The summed E-state index contributed by atoms with van der Waals surface area (Å²) in [5.74, 6) is 1.06. The highest BCUT2D eigenvalue weighted by Gasteiger charge is 2.17. The van der Waals surface area contributed by atoms with Crippen LogP contribution in [0.2, 0.25) is 0 Å². The minimum atomic E-state index is -0.00161. The second kappa shape index (κ2) is 28.7. The lowest BCUT2D eigenvalue weighted by Gasteiger charge is -2.12. The maximum Gasteiger partial charge on any atom is 0.132 e. The average molecular weight is 646 g/mol. The molecular formula is C33H63N3O9. The van der Waals surface area contributed by atoms with Crippen LogP contribution < -0.4 is 0 Å². The van der Waals surface area contributed by atoms with Crippen LogP contribution in [0.4, 0.5) is 0 Å². The summed E-state index contributed by atoms with van der Waals surface area (Å²) in [4.78, 5) is 11.8. The topological polar surface area (TPSA) is 122 Å². The highest BCUT2D eigenvalue weighted by molar-refractivity contribution is 5.78. The maximum atomic E-state index is 11.8. The normalized spacial score (nSPS) is 12.0. The Balaban J connectivity index is 1.68. The van der Waals surface area contributed by atoms with Gasteiger partial charge in [-0.05, 0) is 18.8 Å². The van der Waals surface area contributed by atoms with Crippen LogP contribution in [0, 0.1) is 5.92 Å². The number of hydrogen-bond acceptors (Lipinski definition) is 11. The smallest absolute Gasteiger partial charge is 0.132 e. The van der Waals surface area contributed by atoms with E-state index in [0.29, 0.717) is 137 Å². The fraction of sp³-hybridized carbons (Fsp3) is 0.909. The van der Waals surface area contributed by atoms with Gasteiger partial charge in [-0.15, -0.1) is 5.10 Å². The monoisotopic (exact) mass is 645 g/mol. The largest absolute Gasteiger partial charge is 0.379 e. The first kappa shape index (κ1) is 41.5. The lowest BCUT2D eigenvalue weighted by molar-refractivity contribution is -0.119. The van der Waals surface area contributed by atoms with Crippen LogP contribution in [0.25, 0.3) is 0 Å². The van der Waals surface area contributed by atoms with Crippen molar-refractivity contribution in [2.24, 2.45) is 5.92 Å². The Bertz CT molecular complexity index is 803. The van der Waals surface area contributed by atoms with E-state index >= 15 is 0 Å². The number of aromatic nitrogens is 3. The van der Waals surface area contributed by atoms with Gasteiger partial charge in [-0.25, -0.2) is 4.68 Å². The van der Waals surface area contributed by atoms with Gasteiger partial charge in [0, 0.05) is 31.1 Å². The summed E-state index contributed by atoms with van der Waals surface area (Å²) in [5, 5.41) is 8.33. The van der Waals surface area contributed by atoms with Crippen molar-refractivity contribution in [2.75, 3.05) is 106 Å². The van der Waals surface area contributed by atoms with Crippen LogP contribution in [0.5, 0.6) is 0 Å². The molecule has 0 N–H and O–H groups in total. The Morgan fingerprint density at radius 1 is 0.622 bits per heavy atom. The van der Waals surface area contributed by atoms with Crippen LogP contribution in [-0.4, -0.2) is 126 Å². The molecular weight excluding hydrogens is 582 g/mol. The Morgan fingerprint density at radius 3 is 1.42 bits per heavy atom. The summed E-state index contributed by atoms with van der Waals surface area (Å²) >= 11 is 0. The van der Waals surface area contributed by atoms with Gasteiger partial charge in [0.2, 0.25) is 0 Å². The molecule has 0 bridgehead atoms. The molecule has 0 aliphatic rings. The van der Waals surface area contributed by atoms with Crippen molar-refractivity contribution in [3.8, 4) is 0 Å². The lowest BCUT2D eigenvalue weighted by atomic mass is 9.93. The van der Waals surface area contributed by atoms with E-state index in [-0.39, 0.29) is 5.41 Å². The predicted octanol–water partition coefficient (Wildman–Crippen LogP) is 4.27. The van der Waals surface area contributed by atoms with Crippen LogP contribution in [-0.2, 0) is 54.6 Å². The molecule has 0 saturated carbocycles. The molecule has 12 nitrogen and oxygen atoms in total. The Hall–Kier alpha value is -1.51. The molecule has 45 heavy (non-hydrogen) atoms. The van der Waals surface area contributed by atoms with Gasteiger partial charge < -0.3 is 37.9 Å².